The van der Waals surface area contributed by atoms with Crippen molar-refractivity contribution in [1.29, 1.82) is 0 Å². The van der Waals surface area contributed by atoms with Gasteiger partial charge in [0.2, 0.25) is 0 Å². The van der Waals surface area contributed by atoms with Gasteiger partial charge >= 0.3 is 0 Å². The summed E-state index contributed by atoms with van der Waals surface area (Å²) in [4.78, 5) is 0. The Morgan fingerprint density at radius 1 is 1.16 bits per heavy atom. The molecule has 1 aliphatic rings. The van der Waals surface area contributed by atoms with Crippen molar-refractivity contribution >= 4 is 11.3 Å². The Labute approximate surface area is 112 Å². The van der Waals surface area contributed by atoms with Crippen LogP contribution >= 0.6 is 0 Å². The lowest BCUT2D eigenvalue weighted by molar-refractivity contribution is 0.319. The normalized spacial score (nSPS) is 17.4. The van der Waals surface area contributed by atoms with Crippen molar-refractivity contribution in [3.63, 3.8) is 0 Å². The van der Waals surface area contributed by atoms with Gasteiger partial charge in [-0.2, -0.15) is 0 Å². The largest absolute Gasteiger partial charge is 0.504 e. The van der Waals surface area contributed by atoms with Crippen molar-refractivity contribution in [2.75, 3.05) is 0 Å². The highest BCUT2D eigenvalue weighted by molar-refractivity contribution is 6.26. The maximum absolute atomic E-state index is 9.61. The lowest BCUT2D eigenvalue weighted by Crippen LogP contribution is -1.97. The van der Waals surface area contributed by atoms with Crippen molar-refractivity contribution < 1.29 is 15.4 Å². The molecule has 0 radical (unpaired) electrons. The predicted octanol–water partition coefficient (Wildman–Crippen LogP) is 3.67. The second kappa shape index (κ2) is 5.78. The van der Waals surface area contributed by atoms with Crippen LogP contribution in [0.3, 0.4) is 0 Å². The molecule has 1 aromatic rings. The summed E-state index contributed by atoms with van der Waals surface area (Å²) >= 11 is 0. The molecule has 2 rings (SSSR count). The highest BCUT2D eigenvalue weighted by atomic mass is 16.4. The van der Waals surface area contributed by atoms with Crippen LogP contribution in [0.4, 0.5) is 0 Å². The summed E-state index contributed by atoms with van der Waals surface area (Å²) < 4.78 is 0. The smallest absolute Gasteiger partial charge is 0.158 e. The van der Waals surface area contributed by atoms with Crippen molar-refractivity contribution in [3.05, 3.63) is 29.3 Å². The molecule has 0 saturated carbocycles. The van der Waals surface area contributed by atoms with Crippen LogP contribution in [0.1, 0.15) is 44.6 Å². The number of benzene rings is 1. The lowest BCUT2D eigenvalue weighted by atomic mass is 9.97. The van der Waals surface area contributed by atoms with Gasteiger partial charge in [-0.1, -0.05) is 30.1 Å². The zero-order chi connectivity index (χ0) is 13.8. The fourth-order valence-electron chi connectivity index (χ4n) is 2.51. The molecule has 1 aliphatic carbocycles. The summed E-state index contributed by atoms with van der Waals surface area (Å²) in [6, 6.07) is 4.72. The fraction of sp³-hybridized carbons (Fsp3) is 0.400. The quantitative estimate of drug-likeness (QED) is 0.440. The second-order valence-corrected chi connectivity index (χ2v) is 4.83. The Kier molecular flexibility index (Phi) is 4.10. The van der Waals surface area contributed by atoms with Crippen LogP contribution in [-0.4, -0.2) is 21.1 Å². The van der Waals surface area contributed by atoms with E-state index in [4.69, 9.17) is 5.21 Å². The summed E-state index contributed by atoms with van der Waals surface area (Å²) in [5, 5.41) is 31.5. The number of rotatable bonds is 4. The van der Waals surface area contributed by atoms with E-state index >= 15 is 0 Å². The van der Waals surface area contributed by atoms with Crippen LogP contribution in [0.2, 0.25) is 0 Å². The maximum Gasteiger partial charge on any atom is 0.158 e. The van der Waals surface area contributed by atoms with Crippen LogP contribution in [-0.2, 0) is 0 Å². The van der Waals surface area contributed by atoms with Gasteiger partial charge in [0.05, 0.1) is 5.71 Å². The SMILES string of the molecule is CCCCC1=C(c2ccc(O)c(O)c2)C(=NO)CC1. The molecule has 0 amide bonds. The first-order chi connectivity index (χ1) is 9.17. The summed E-state index contributed by atoms with van der Waals surface area (Å²) in [5.74, 6) is -0.288. The van der Waals surface area contributed by atoms with Crippen molar-refractivity contribution in [2.24, 2.45) is 5.16 Å². The average Bonchev–Trinajstić information content (AvgIpc) is 2.82. The minimum absolute atomic E-state index is 0.139. The molecule has 0 spiro atoms. The van der Waals surface area contributed by atoms with Gasteiger partial charge in [-0.25, -0.2) is 0 Å². The van der Waals surface area contributed by atoms with E-state index in [9.17, 15) is 10.2 Å². The van der Waals surface area contributed by atoms with Gasteiger partial charge in [0.25, 0.3) is 0 Å². The Balaban J connectivity index is 2.43. The van der Waals surface area contributed by atoms with Crippen molar-refractivity contribution in [3.8, 4) is 11.5 Å². The molecule has 0 atom stereocenters. The standard InChI is InChI=1S/C15H19NO3/c1-2-3-4-10-5-7-12(16-19)15(10)11-6-8-13(17)14(18)9-11/h6,8-9,17-19H,2-5,7H2,1H3. The van der Waals surface area contributed by atoms with Gasteiger partial charge in [0.15, 0.2) is 11.5 Å². The molecule has 4 nitrogen and oxygen atoms in total. The van der Waals surface area contributed by atoms with E-state index in [1.165, 1.54) is 17.7 Å². The number of aromatic hydroxyl groups is 2. The Morgan fingerprint density at radius 3 is 2.58 bits per heavy atom. The van der Waals surface area contributed by atoms with Crippen LogP contribution in [0, 0.1) is 0 Å². The van der Waals surface area contributed by atoms with E-state index < -0.39 is 0 Å². The molecule has 0 bridgehead atoms. The van der Waals surface area contributed by atoms with Crippen LogP contribution in [0.5, 0.6) is 11.5 Å². The molecule has 0 aromatic heterocycles. The topological polar surface area (TPSA) is 73.0 Å². The number of oxime groups is 1. The average molecular weight is 261 g/mol. The highest BCUT2D eigenvalue weighted by Gasteiger charge is 2.23. The fourth-order valence-corrected chi connectivity index (χ4v) is 2.51. The van der Waals surface area contributed by atoms with Gasteiger partial charge in [0, 0.05) is 5.57 Å². The van der Waals surface area contributed by atoms with E-state index in [0.717, 1.165) is 43.2 Å². The molecule has 3 N–H and O–H groups in total. The number of hydrogen-bond acceptors (Lipinski definition) is 4. The molecule has 19 heavy (non-hydrogen) atoms. The number of phenolic OH excluding ortho intramolecular Hbond substituents is 2. The van der Waals surface area contributed by atoms with E-state index in [1.807, 2.05) is 0 Å². The van der Waals surface area contributed by atoms with Crippen molar-refractivity contribution in [1.82, 2.24) is 0 Å². The molecule has 0 unspecified atom stereocenters. The van der Waals surface area contributed by atoms with Crippen molar-refractivity contribution in [2.45, 2.75) is 39.0 Å². The first-order valence-electron chi connectivity index (χ1n) is 6.63. The zero-order valence-electron chi connectivity index (χ0n) is 11.1. The Hall–Kier alpha value is -1.97. The Bertz CT molecular complexity index is 532. The molecule has 1 aromatic carbocycles. The molecule has 0 heterocycles. The third-order valence-corrected chi connectivity index (χ3v) is 3.52. The molecule has 0 saturated heterocycles. The van der Waals surface area contributed by atoms with E-state index in [2.05, 4.69) is 12.1 Å². The summed E-state index contributed by atoms with van der Waals surface area (Å²) in [7, 11) is 0. The van der Waals surface area contributed by atoms with Gasteiger partial charge in [-0.3, -0.25) is 0 Å². The first-order valence-corrected chi connectivity index (χ1v) is 6.63. The number of unbranched alkanes of at least 4 members (excludes halogenated alkanes) is 1. The van der Waals surface area contributed by atoms with Gasteiger partial charge < -0.3 is 15.4 Å². The number of allylic oxidation sites excluding steroid dienone is 2. The first kappa shape index (κ1) is 13.5. The van der Waals surface area contributed by atoms with E-state index in [-0.39, 0.29) is 11.5 Å². The van der Waals surface area contributed by atoms with Crippen LogP contribution < -0.4 is 0 Å². The molecule has 102 valence electrons. The summed E-state index contributed by atoms with van der Waals surface area (Å²) in [6.45, 7) is 2.14. The lowest BCUT2D eigenvalue weighted by Gasteiger charge is -2.09. The molecule has 0 aliphatic heterocycles. The monoisotopic (exact) mass is 261 g/mol. The van der Waals surface area contributed by atoms with E-state index in [1.54, 1.807) is 6.07 Å². The highest BCUT2D eigenvalue weighted by Crippen LogP contribution is 2.37. The number of nitrogens with zero attached hydrogens (tertiary/aromatic N) is 1. The minimum Gasteiger partial charge on any atom is -0.504 e. The molecule has 4 heteroatoms. The summed E-state index contributed by atoms with van der Waals surface area (Å²) in [6.07, 6.45) is 4.82. The van der Waals surface area contributed by atoms with E-state index in [0.29, 0.717) is 5.71 Å². The molecular formula is C15H19NO3. The zero-order valence-corrected chi connectivity index (χ0v) is 11.1. The van der Waals surface area contributed by atoms with Crippen LogP contribution in [0.15, 0.2) is 28.9 Å². The number of hydrogen-bond donors (Lipinski definition) is 3. The van der Waals surface area contributed by atoms with Gasteiger partial charge in [-0.05, 0) is 43.4 Å². The summed E-state index contributed by atoms with van der Waals surface area (Å²) in [5.41, 5.74) is 3.65. The number of phenols is 2. The maximum atomic E-state index is 9.61. The van der Waals surface area contributed by atoms with Gasteiger partial charge in [0.1, 0.15) is 0 Å². The van der Waals surface area contributed by atoms with Crippen LogP contribution in [0.25, 0.3) is 5.57 Å². The minimum atomic E-state index is -0.149. The third-order valence-electron chi connectivity index (χ3n) is 3.52. The Morgan fingerprint density at radius 2 is 1.95 bits per heavy atom. The van der Waals surface area contributed by atoms with Gasteiger partial charge in [-0.15, -0.1) is 0 Å². The third kappa shape index (κ3) is 2.72. The molecular weight excluding hydrogens is 242 g/mol. The molecule has 0 fully saturated rings. The second-order valence-electron chi connectivity index (χ2n) is 4.83. The predicted molar refractivity (Wildman–Crippen MR) is 74.7 cm³/mol.